The molecule has 3 rings (SSSR count). The molecule has 1 amide bonds. The van der Waals surface area contributed by atoms with E-state index in [1.165, 1.54) is 36.0 Å². The van der Waals surface area contributed by atoms with E-state index in [0.29, 0.717) is 6.54 Å². The quantitative estimate of drug-likeness (QED) is 0.863. The molecule has 0 fully saturated rings. The molecule has 120 valence electrons. The number of carbonyl (C=O) groups is 1. The number of nitrogens with one attached hydrogen (secondary N) is 1. The summed E-state index contributed by atoms with van der Waals surface area (Å²) in [6.07, 6.45) is 9.94. The van der Waals surface area contributed by atoms with Crippen LogP contribution in [0.1, 0.15) is 42.0 Å². The maximum Gasteiger partial charge on any atom is 0.290 e. The van der Waals surface area contributed by atoms with E-state index in [2.05, 4.69) is 30.6 Å². The average Bonchev–Trinajstić information content (AvgIpc) is 2.56. The molecule has 2 aromatic rings. The van der Waals surface area contributed by atoms with Crippen LogP contribution in [0, 0.1) is 6.92 Å². The standard InChI is InChI=1S/C20H24N2O/c1-3-16-10-6-7-15(2)20(16)21-19(23)14-22-12-11-17-8-4-5-9-18(17)13-22/h6-7,10-13H,3-5,8-9,14H2,1-2H3/p+1. The van der Waals surface area contributed by atoms with E-state index in [1.54, 1.807) is 0 Å². The lowest BCUT2D eigenvalue weighted by atomic mass is 9.93. The number of aromatic nitrogens is 1. The van der Waals surface area contributed by atoms with Gasteiger partial charge in [0.25, 0.3) is 5.91 Å². The molecule has 1 heterocycles. The Labute approximate surface area is 138 Å². The van der Waals surface area contributed by atoms with Crippen molar-refractivity contribution < 1.29 is 9.36 Å². The average molecular weight is 309 g/mol. The van der Waals surface area contributed by atoms with E-state index in [9.17, 15) is 4.79 Å². The van der Waals surface area contributed by atoms with Crippen LogP contribution in [0.4, 0.5) is 5.69 Å². The second-order valence-corrected chi connectivity index (χ2v) is 6.39. The lowest BCUT2D eigenvalue weighted by molar-refractivity contribution is -0.684. The Morgan fingerprint density at radius 3 is 2.74 bits per heavy atom. The summed E-state index contributed by atoms with van der Waals surface area (Å²) in [6.45, 7) is 4.52. The van der Waals surface area contributed by atoms with Crippen molar-refractivity contribution in [3.8, 4) is 0 Å². The third-order valence-electron chi connectivity index (χ3n) is 4.67. The van der Waals surface area contributed by atoms with Gasteiger partial charge in [-0.05, 0) is 55.7 Å². The third-order valence-corrected chi connectivity index (χ3v) is 4.67. The van der Waals surface area contributed by atoms with Crippen molar-refractivity contribution in [2.75, 3.05) is 5.32 Å². The van der Waals surface area contributed by atoms with Crippen LogP contribution in [0.2, 0.25) is 0 Å². The smallest absolute Gasteiger partial charge is 0.290 e. The van der Waals surface area contributed by atoms with Crippen molar-refractivity contribution in [2.45, 2.75) is 52.5 Å². The van der Waals surface area contributed by atoms with Gasteiger partial charge in [-0.3, -0.25) is 4.79 Å². The summed E-state index contributed by atoms with van der Waals surface area (Å²) in [5.41, 5.74) is 6.12. The molecule has 0 aliphatic heterocycles. The van der Waals surface area contributed by atoms with Crippen molar-refractivity contribution >= 4 is 11.6 Å². The molecule has 1 aromatic carbocycles. The Bertz CT molecular complexity index is 722. The van der Waals surface area contributed by atoms with Crippen molar-refractivity contribution in [2.24, 2.45) is 0 Å². The highest BCUT2D eigenvalue weighted by Crippen LogP contribution is 2.21. The molecule has 0 saturated heterocycles. The van der Waals surface area contributed by atoms with Gasteiger partial charge in [0.1, 0.15) is 0 Å². The Balaban J connectivity index is 1.73. The van der Waals surface area contributed by atoms with E-state index < -0.39 is 0 Å². The summed E-state index contributed by atoms with van der Waals surface area (Å²) in [7, 11) is 0. The van der Waals surface area contributed by atoms with Gasteiger partial charge in [0.15, 0.2) is 12.4 Å². The van der Waals surface area contributed by atoms with Crippen LogP contribution in [-0.4, -0.2) is 5.91 Å². The van der Waals surface area contributed by atoms with Gasteiger partial charge in [0.05, 0.1) is 0 Å². The number of hydrogen-bond donors (Lipinski definition) is 1. The van der Waals surface area contributed by atoms with Crippen molar-refractivity contribution in [1.29, 1.82) is 0 Å². The topological polar surface area (TPSA) is 33.0 Å². The molecule has 1 N–H and O–H groups in total. The Kier molecular flexibility index (Phi) is 4.75. The fourth-order valence-corrected chi connectivity index (χ4v) is 3.36. The number of carbonyl (C=O) groups excluding carboxylic acids is 1. The summed E-state index contributed by atoms with van der Waals surface area (Å²) in [5.74, 6) is 0.0368. The third kappa shape index (κ3) is 3.61. The number of aryl methyl sites for hydroxylation is 4. The largest absolute Gasteiger partial charge is 0.320 e. The predicted molar refractivity (Wildman–Crippen MR) is 92.5 cm³/mol. The number of benzene rings is 1. The van der Waals surface area contributed by atoms with Gasteiger partial charge in [-0.2, -0.15) is 4.57 Å². The molecule has 0 saturated carbocycles. The van der Waals surface area contributed by atoms with Crippen LogP contribution in [-0.2, 0) is 30.6 Å². The molecule has 23 heavy (non-hydrogen) atoms. The summed E-state index contributed by atoms with van der Waals surface area (Å²) in [6, 6.07) is 8.34. The maximum atomic E-state index is 12.4. The van der Waals surface area contributed by atoms with Gasteiger partial charge in [-0.1, -0.05) is 25.1 Å². The minimum Gasteiger partial charge on any atom is -0.320 e. The lowest BCUT2D eigenvalue weighted by Crippen LogP contribution is -2.40. The summed E-state index contributed by atoms with van der Waals surface area (Å²) >= 11 is 0. The first kappa shape index (κ1) is 15.7. The van der Waals surface area contributed by atoms with Crippen LogP contribution in [0.15, 0.2) is 36.7 Å². The van der Waals surface area contributed by atoms with Gasteiger partial charge >= 0.3 is 0 Å². The van der Waals surface area contributed by atoms with Crippen molar-refractivity contribution in [3.05, 3.63) is 58.9 Å². The highest BCUT2D eigenvalue weighted by Gasteiger charge is 2.17. The molecule has 0 spiro atoms. The van der Waals surface area contributed by atoms with E-state index in [-0.39, 0.29) is 5.91 Å². The second kappa shape index (κ2) is 6.95. The minimum absolute atomic E-state index is 0.0368. The second-order valence-electron chi connectivity index (χ2n) is 6.39. The van der Waals surface area contributed by atoms with Gasteiger partial charge in [0.2, 0.25) is 6.54 Å². The molecule has 1 aliphatic carbocycles. The van der Waals surface area contributed by atoms with Crippen LogP contribution in [0.3, 0.4) is 0 Å². The number of anilines is 1. The molecule has 1 aromatic heterocycles. The maximum absolute atomic E-state index is 12.4. The van der Waals surface area contributed by atoms with E-state index >= 15 is 0 Å². The number of rotatable bonds is 4. The van der Waals surface area contributed by atoms with E-state index in [1.807, 2.05) is 29.8 Å². The fraction of sp³-hybridized carbons (Fsp3) is 0.400. The monoisotopic (exact) mass is 309 g/mol. The first-order valence-corrected chi connectivity index (χ1v) is 8.56. The van der Waals surface area contributed by atoms with Crippen LogP contribution in [0.25, 0.3) is 0 Å². The van der Waals surface area contributed by atoms with Crippen LogP contribution in [0.5, 0.6) is 0 Å². The van der Waals surface area contributed by atoms with Gasteiger partial charge in [-0.15, -0.1) is 0 Å². The zero-order chi connectivity index (χ0) is 16.2. The Hall–Kier alpha value is -2.16. The van der Waals surface area contributed by atoms with E-state index in [4.69, 9.17) is 0 Å². The number of para-hydroxylation sites is 1. The fourth-order valence-electron chi connectivity index (χ4n) is 3.36. The molecule has 1 aliphatic rings. The molecule has 0 unspecified atom stereocenters. The number of hydrogen-bond acceptors (Lipinski definition) is 1. The molecule has 3 heteroatoms. The zero-order valence-corrected chi connectivity index (χ0v) is 14.1. The van der Waals surface area contributed by atoms with Gasteiger partial charge in [0, 0.05) is 17.3 Å². The number of nitrogens with zero attached hydrogens (tertiary/aromatic N) is 1. The Morgan fingerprint density at radius 1 is 1.17 bits per heavy atom. The molecule has 0 bridgehead atoms. The normalized spacial score (nSPS) is 13.5. The number of amides is 1. The summed E-state index contributed by atoms with van der Waals surface area (Å²) in [5, 5.41) is 3.10. The Morgan fingerprint density at radius 2 is 1.96 bits per heavy atom. The summed E-state index contributed by atoms with van der Waals surface area (Å²) in [4.78, 5) is 12.4. The van der Waals surface area contributed by atoms with Gasteiger partial charge in [-0.25, -0.2) is 0 Å². The van der Waals surface area contributed by atoms with Crippen LogP contribution >= 0.6 is 0 Å². The van der Waals surface area contributed by atoms with Crippen molar-refractivity contribution in [3.63, 3.8) is 0 Å². The molecule has 0 radical (unpaired) electrons. The van der Waals surface area contributed by atoms with E-state index in [0.717, 1.165) is 24.1 Å². The predicted octanol–water partition coefficient (Wildman–Crippen LogP) is 3.36. The zero-order valence-electron chi connectivity index (χ0n) is 14.1. The van der Waals surface area contributed by atoms with Crippen LogP contribution < -0.4 is 9.88 Å². The molecular weight excluding hydrogens is 284 g/mol. The molecule has 3 nitrogen and oxygen atoms in total. The molecular formula is C20H25N2O+. The SMILES string of the molecule is CCc1cccc(C)c1NC(=O)C[n+]1ccc2c(c1)CCCC2. The minimum atomic E-state index is 0.0368. The van der Waals surface area contributed by atoms with Gasteiger partial charge < -0.3 is 5.32 Å². The first-order valence-electron chi connectivity index (χ1n) is 8.56. The summed E-state index contributed by atoms with van der Waals surface area (Å²) < 4.78 is 2.00. The lowest BCUT2D eigenvalue weighted by Gasteiger charge is -2.14. The molecule has 0 atom stereocenters. The highest BCUT2D eigenvalue weighted by molar-refractivity contribution is 5.91. The number of fused-ring (bicyclic) bond motifs is 1. The number of pyridine rings is 1. The van der Waals surface area contributed by atoms with Crippen molar-refractivity contribution in [1.82, 2.24) is 0 Å². The highest BCUT2D eigenvalue weighted by atomic mass is 16.1. The first-order chi connectivity index (χ1) is 11.2.